The van der Waals surface area contributed by atoms with E-state index in [1.54, 1.807) is 20.8 Å². The van der Waals surface area contributed by atoms with Crippen molar-refractivity contribution in [3.63, 3.8) is 0 Å². The number of rotatable bonds is 9. The van der Waals surface area contributed by atoms with Gasteiger partial charge in [-0.1, -0.05) is 11.6 Å². The van der Waals surface area contributed by atoms with Crippen LogP contribution in [0.1, 0.15) is 31.5 Å². The highest BCUT2D eigenvalue weighted by Crippen LogP contribution is 2.47. The molecule has 0 bridgehead atoms. The van der Waals surface area contributed by atoms with Gasteiger partial charge in [0, 0.05) is 6.20 Å². The zero-order valence-corrected chi connectivity index (χ0v) is 18.9. The van der Waals surface area contributed by atoms with Gasteiger partial charge in [-0.25, -0.2) is 9.97 Å². The van der Waals surface area contributed by atoms with Gasteiger partial charge in [0.2, 0.25) is 0 Å². The third-order valence-electron chi connectivity index (χ3n) is 4.63. The van der Waals surface area contributed by atoms with E-state index in [0.29, 0.717) is 11.2 Å². The van der Waals surface area contributed by atoms with E-state index in [0.717, 1.165) is 0 Å². The number of ether oxygens (including phenoxy) is 2. The Labute approximate surface area is 184 Å². The third-order valence-corrected chi connectivity index (χ3v) is 6.93. The van der Waals surface area contributed by atoms with Crippen LogP contribution in [0.15, 0.2) is 6.20 Å². The lowest BCUT2D eigenvalue weighted by atomic mass is 10.2. The molecule has 0 radical (unpaired) electrons. The smallest absolute Gasteiger partial charge is 0.332 e. The summed E-state index contributed by atoms with van der Waals surface area (Å²) in [6.45, 7) is 5.37. The first kappa shape index (κ1) is 24.0. The summed E-state index contributed by atoms with van der Waals surface area (Å²) < 4.78 is 35.6. The normalized spacial score (nSPS) is 24.0. The molecule has 0 aliphatic carbocycles. The quantitative estimate of drug-likeness (QED) is 0.408. The van der Waals surface area contributed by atoms with Crippen molar-refractivity contribution < 1.29 is 33.3 Å². The monoisotopic (exact) mass is 474 g/mol. The van der Waals surface area contributed by atoms with Gasteiger partial charge >= 0.3 is 7.60 Å². The van der Waals surface area contributed by atoms with Crippen molar-refractivity contribution in [2.75, 3.05) is 26.0 Å². The molecule has 0 saturated carbocycles. The molecular formula is C18H24ClN4O7P. The second-order valence-corrected chi connectivity index (χ2v) is 9.28. The van der Waals surface area contributed by atoms with Crippen LogP contribution >= 0.6 is 19.2 Å². The fourth-order valence-corrected chi connectivity index (χ4v) is 5.08. The van der Waals surface area contributed by atoms with Crippen LogP contribution in [0.4, 0.5) is 0 Å². The molecule has 2 N–H and O–H groups in total. The lowest BCUT2D eigenvalue weighted by Crippen LogP contribution is -2.33. The molecule has 0 amide bonds. The van der Waals surface area contributed by atoms with Gasteiger partial charge in [0.1, 0.15) is 34.9 Å². The van der Waals surface area contributed by atoms with Crippen LogP contribution in [-0.2, 0) is 23.1 Å². The number of aryl methyl sites for hydroxylation is 1. The summed E-state index contributed by atoms with van der Waals surface area (Å²) in [4.78, 5) is 8.36. The Morgan fingerprint density at radius 1 is 1.29 bits per heavy atom. The second-order valence-electron chi connectivity index (χ2n) is 6.74. The van der Waals surface area contributed by atoms with Crippen LogP contribution in [-0.4, -0.2) is 69.2 Å². The molecule has 1 aliphatic heterocycles. The van der Waals surface area contributed by atoms with Crippen LogP contribution in [0.3, 0.4) is 0 Å². The molecule has 13 heteroatoms. The molecule has 31 heavy (non-hydrogen) atoms. The highest BCUT2D eigenvalue weighted by molar-refractivity contribution is 7.53. The Balaban J connectivity index is 1.79. The summed E-state index contributed by atoms with van der Waals surface area (Å²) in [7, 11) is -3.33. The van der Waals surface area contributed by atoms with Gasteiger partial charge in [0.05, 0.1) is 36.9 Å². The predicted molar refractivity (Wildman–Crippen MR) is 110 cm³/mol. The predicted octanol–water partition coefficient (Wildman–Crippen LogP) is 2.12. The summed E-state index contributed by atoms with van der Waals surface area (Å²) in [6.07, 6.45) is -3.71. The molecule has 0 unspecified atom stereocenters. The Morgan fingerprint density at radius 2 is 1.97 bits per heavy atom. The first-order valence-electron chi connectivity index (χ1n) is 9.70. The highest BCUT2D eigenvalue weighted by Gasteiger charge is 2.45. The van der Waals surface area contributed by atoms with Gasteiger partial charge in [-0.05, 0) is 20.8 Å². The van der Waals surface area contributed by atoms with Crippen molar-refractivity contribution in [2.24, 2.45) is 0 Å². The van der Waals surface area contributed by atoms with E-state index in [2.05, 4.69) is 9.97 Å². The molecule has 1 aliphatic rings. The van der Waals surface area contributed by atoms with Crippen LogP contribution in [0.2, 0.25) is 5.15 Å². The SMILES string of the molecule is CCOP(=O)(CCO[C@H]1O[C@@H](n2cc(C#N)c3c(Cl)nc(C)nc32)[C@H](O)[C@@H]1O)OCC. The zero-order valence-electron chi connectivity index (χ0n) is 17.3. The van der Waals surface area contributed by atoms with Crippen molar-refractivity contribution in [1.29, 1.82) is 5.26 Å². The minimum atomic E-state index is -3.33. The summed E-state index contributed by atoms with van der Waals surface area (Å²) in [5, 5.41) is 30.8. The Bertz CT molecular complexity index is 1020. The fraction of sp³-hybridized carbons (Fsp3) is 0.611. The Kier molecular flexibility index (Phi) is 7.68. The molecule has 170 valence electrons. The standard InChI is InChI=1S/C18H24ClN4O7P/c1-4-28-31(26,29-5-2)7-6-27-18-14(25)13(24)17(30-18)23-9-11(8-20)12-15(19)21-10(3)22-16(12)23/h9,13-14,17-18,24-25H,4-7H2,1-3H3/t13-,14+,17-,18+/m1/s1. The van der Waals surface area contributed by atoms with Gasteiger partial charge in [-0.15, -0.1) is 0 Å². The van der Waals surface area contributed by atoms with Crippen molar-refractivity contribution in [2.45, 2.75) is 45.5 Å². The third kappa shape index (κ3) is 4.92. The number of aliphatic hydroxyl groups excluding tert-OH is 2. The zero-order chi connectivity index (χ0) is 22.8. The summed E-state index contributed by atoms with van der Waals surface area (Å²) in [5.41, 5.74) is 0.479. The molecule has 0 aromatic carbocycles. The van der Waals surface area contributed by atoms with Gasteiger partial charge in [0.15, 0.2) is 12.5 Å². The highest BCUT2D eigenvalue weighted by atomic mass is 35.5. The molecule has 1 saturated heterocycles. The van der Waals surface area contributed by atoms with Crippen molar-refractivity contribution in [1.82, 2.24) is 14.5 Å². The van der Waals surface area contributed by atoms with Crippen LogP contribution < -0.4 is 0 Å². The Hall–Kier alpha value is -1.61. The molecule has 2 aromatic rings. The van der Waals surface area contributed by atoms with Crippen LogP contribution in [0, 0.1) is 18.3 Å². The lowest BCUT2D eigenvalue weighted by molar-refractivity contribution is -0.173. The number of nitrogens with zero attached hydrogens (tertiary/aromatic N) is 4. The van der Waals surface area contributed by atoms with Crippen LogP contribution in [0.5, 0.6) is 0 Å². The largest absolute Gasteiger partial charge is 0.385 e. The van der Waals surface area contributed by atoms with E-state index in [9.17, 15) is 20.0 Å². The number of fused-ring (bicyclic) bond motifs is 1. The minimum absolute atomic E-state index is 0.0465. The van der Waals surface area contributed by atoms with Crippen molar-refractivity contribution in [3.05, 3.63) is 22.7 Å². The van der Waals surface area contributed by atoms with Gasteiger partial charge in [0.25, 0.3) is 0 Å². The van der Waals surface area contributed by atoms with E-state index in [1.807, 2.05) is 6.07 Å². The maximum Gasteiger partial charge on any atom is 0.332 e. The average molecular weight is 475 g/mol. The molecule has 2 aromatic heterocycles. The minimum Gasteiger partial charge on any atom is -0.385 e. The molecule has 4 atom stereocenters. The van der Waals surface area contributed by atoms with E-state index >= 15 is 0 Å². The summed E-state index contributed by atoms with van der Waals surface area (Å²) in [6, 6.07) is 2.01. The maximum atomic E-state index is 12.5. The molecule has 3 heterocycles. The average Bonchev–Trinajstić information content (AvgIpc) is 3.20. The van der Waals surface area contributed by atoms with E-state index in [1.165, 1.54) is 10.8 Å². The number of hydrogen-bond acceptors (Lipinski definition) is 10. The van der Waals surface area contributed by atoms with E-state index in [-0.39, 0.29) is 42.3 Å². The van der Waals surface area contributed by atoms with Crippen LogP contribution in [0.25, 0.3) is 11.0 Å². The van der Waals surface area contributed by atoms with Crippen molar-refractivity contribution >= 4 is 30.2 Å². The topological polar surface area (TPSA) is 149 Å². The van der Waals surface area contributed by atoms with Gasteiger partial charge < -0.3 is 33.3 Å². The first-order chi connectivity index (χ1) is 14.7. The second kappa shape index (κ2) is 9.90. The van der Waals surface area contributed by atoms with E-state index < -0.39 is 32.3 Å². The molecule has 0 spiro atoms. The summed E-state index contributed by atoms with van der Waals surface area (Å²) >= 11 is 6.18. The molecule has 3 rings (SSSR count). The Morgan fingerprint density at radius 3 is 2.58 bits per heavy atom. The van der Waals surface area contributed by atoms with Gasteiger partial charge in [-0.2, -0.15) is 5.26 Å². The maximum absolute atomic E-state index is 12.5. The number of halogens is 1. The van der Waals surface area contributed by atoms with E-state index in [4.69, 9.17) is 30.1 Å². The number of hydrogen-bond donors (Lipinski definition) is 2. The number of aromatic nitrogens is 3. The lowest BCUT2D eigenvalue weighted by Gasteiger charge is -2.19. The van der Waals surface area contributed by atoms with Crippen molar-refractivity contribution in [3.8, 4) is 6.07 Å². The first-order valence-corrected chi connectivity index (χ1v) is 11.8. The fourth-order valence-electron chi connectivity index (χ4n) is 3.32. The number of aliphatic hydroxyl groups is 2. The molecular weight excluding hydrogens is 451 g/mol. The molecule has 1 fully saturated rings. The van der Waals surface area contributed by atoms with Gasteiger partial charge in [-0.3, -0.25) is 4.57 Å². The number of nitriles is 1. The summed E-state index contributed by atoms with van der Waals surface area (Å²) in [5.74, 6) is 0.366. The molecule has 11 nitrogen and oxygen atoms in total.